The first-order valence-corrected chi connectivity index (χ1v) is 17.0. The van der Waals surface area contributed by atoms with Gasteiger partial charge in [-0.1, -0.05) is 109 Å². The number of aryl methyl sites for hydroxylation is 2. The van der Waals surface area contributed by atoms with Gasteiger partial charge >= 0.3 is 0 Å². The van der Waals surface area contributed by atoms with Gasteiger partial charge in [-0.15, -0.1) is 0 Å². The van der Waals surface area contributed by atoms with E-state index >= 15 is 0 Å². The van der Waals surface area contributed by atoms with Crippen molar-refractivity contribution in [3.63, 3.8) is 0 Å². The van der Waals surface area contributed by atoms with Crippen LogP contribution in [0.3, 0.4) is 0 Å². The molecular weight excluding hydrogens is 611 g/mol. The lowest BCUT2D eigenvalue weighted by Gasteiger charge is -2.13. The summed E-state index contributed by atoms with van der Waals surface area (Å²) in [4.78, 5) is 19.2. The van der Waals surface area contributed by atoms with Crippen molar-refractivity contribution in [1.82, 2.24) is 14.0 Å². The Labute approximate surface area is 288 Å². The van der Waals surface area contributed by atoms with Crippen LogP contribution in [0.1, 0.15) is 11.1 Å². The zero-order valence-corrected chi connectivity index (χ0v) is 27.7. The monoisotopic (exact) mass is 641 g/mol. The number of benzene rings is 7. The minimum Gasteiger partial charge on any atom is -0.309 e. The highest BCUT2D eigenvalue weighted by Gasteiger charge is 2.21. The molecule has 4 nitrogen and oxygen atoms in total. The predicted octanol–water partition coefficient (Wildman–Crippen LogP) is 11.2. The van der Waals surface area contributed by atoms with Crippen molar-refractivity contribution in [3.05, 3.63) is 173 Å². The maximum Gasteiger partial charge on any atom is 0.264 e. The summed E-state index contributed by atoms with van der Waals surface area (Å²) in [5, 5.41) is 5.01. The van der Waals surface area contributed by atoms with Crippen LogP contribution in [0.2, 0.25) is 0 Å². The zero-order chi connectivity index (χ0) is 33.5. The van der Waals surface area contributed by atoms with Gasteiger partial charge in [-0.2, -0.15) is 0 Å². The van der Waals surface area contributed by atoms with Gasteiger partial charge < -0.3 is 4.57 Å². The Kier molecular flexibility index (Phi) is 6.12. The Morgan fingerprint density at radius 3 is 1.98 bits per heavy atom. The van der Waals surface area contributed by atoms with E-state index in [1.54, 1.807) is 4.40 Å². The second-order valence-corrected chi connectivity index (χ2v) is 13.3. The highest BCUT2D eigenvalue weighted by atomic mass is 16.1. The Morgan fingerprint density at radius 1 is 0.480 bits per heavy atom. The first kappa shape index (κ1) is 28.5. The number of imidazole rings is 1. The summed E-state index contributed by atoms with van der Waals surface area (Å²) >= 11 is 0. The van der Waals surface area contributed by atoms with Crippen molar-refractivity contribution in [2.75, 3.05) is 0 Å². The molecule has 0 radical (unpaired) electrons. The van der Waals surface area contributed by atoms with Gasteiger partial charge in [-0.25, -0.2) is 4.98 Å². The fourth-order valence-corrected chi connectivity index (χ4v) is 7.93. The first-order valence-electron chi connectivity index (χ1n) is 17.0. The van der Waals surface area contributed by atoms with Gasteiger partial charge in [0.1, 0.15) is 5.82 Å². The summed E-state index contributed by atoms with van der Waals surface area (Å²) in [7, 11) is 0. The second kappa shape index (κ2) is 10.7. The van der Waals surface area contributed by atoms with Gasteiger partial charge in [0.15, 0.2) is 0 Å². The standard InChI is InChI=1S/C46H31N3O/c1-28-12-6-7-15-34(28)38-24-31(21-20-29(38)2)32-22-23-43-39(25-32)36-17-10-11-19-42(36)48(43)33-26-40-35-16-8-9-18-37(35)46(50)49-44(40)41(27-33)47-45(49)30-13-4-3-5-14-30/h3-27H,1-2H3. The van der Waals surface area contributed by atoms with E-state index in [1.165, 1.54) is 44.2 Å². The SMILES string of the molecule is Cc1ccccc1-c1cc(-c2ccc3c(c2)c2ccccc2n3-c2cc3nc(-c4ccccc4)n4c(=O)c5ccccc5c(c2)c34)ccc1C. The van der Waals surface area contributed by atoms with E-state index in [1.807, 2.05) is 48.5 Å². The Hall–Kier alpha value is -6.52. The maximum absolute atomic E-state index is 14.0. The summed E-state index contributed by atoms with van der Waals surface area (Å²) in [6, 6.07) is 53.1. The van der Waals surface area contributed by atoms with E-state index in [0.29, 0.717) is 11.2 Å². The lowest BCUT2D eigenvalue weighted by atomic mass is 9.92. The topological polar surface area (TPSA) is 39.3 Å². The summed E-state index contributed by atoms with van der Waals surface area (Å²) in [6.07, 6.45) is 0. The van der Waals surface area contributed by atoms with Crippen molar-refractivity contribution in [1.29, 1.82) is 0 Å². The van der Waals surface area contributed by atoms with E-state index < -0.39 is 0 Å². The van der Waals surface area contributed by atoms with E-state index in [-0.39, 0.29) is 5.56 Å². The zero-order valence-electron chi connectivity index (χ0n) is 27.7. The summed E-state index contributed by atoms with van der Waals surface area (Å²) < 4.78 is 4.15. The number of aromatic nitrogens is 3. The lowest BCUT2D eigenvalue weighted by molar-refractivity contribution is 1.13. The second-order valence-electron chi connectivity index (χ2n) is 13.3. The summed E-state index contributed by atoms with van der Waals surface area (Å²) in [5.74, 6) is 0.661. The molecule has 0 saturated heterocycles. The average Bonchev–Trinajstić information content (AvgIpc) is 3.71. The summed E-state index contributed by atoms with van der Waals surface area (Å²) in [5.41, 5.74) is 13.2. The molecule has 0 aliphatic rings. The number of nitrogens with zero attached hydrogens (tertiary/aromatic N) is 3. The highest BCUT2D eigenvalue weighted by molar-refractivity contribution is 6.14. The maximum atomic E-state index is 14.0. The number of pyridine rings is 1. The molecule has 0 saturated carbocycles. The smallest absolute Gasteiger partial charge is 0.264 e. The molecule has 50 heavy (non-hydrogen) atoms. The number of fused-ring (bicyclic) bond motifs is 5. The molecule has 0 unspecified atom stereocenters. The minimum atomic E-state index is -0.0479. The van der Waals surface area contributed by atoms with Gasteiger partial charge in [-0.05, 0) is 95.1 Å². The van der Waals surface area contributed by atoms with Crippen LogP contribution in [0, 0.1) is 13.8 Å². The van der Waals surface area contributed by atoms with Crippen LogP contribution in [0.25, 0.3) is 88.3 Å². The minimum absolute atomic E-state index is 0.0479. The summed E-state index contributed by atoms with van der Waals surface area (Å²) in [6.45, 7) is 4.37. The molecule has 7 aromatic carbocycles. The van der Waals surface area contributed by atoms with E-state index in [4.69, 9.17) is 4.98 Å². The molecule has 236 valence electrons. The van der Waals surface area contributed by atoms with Crippen molar-refractivity contribution < 1.29 is 0 Å². The molecule has 3 heterocycles. The van der Waals surface area contributed by atoms with E-state index in [2.05, 4.69) is 122 Å². The normalized spacial score (nSPS) is 11.9. The molecule has 0 fully saturated rings. The van der Waals surface area contributed by atoms with Crippen molar-refractivity contribution >= 4 is 49.0 Å². The molecule has 0 aliphatic carbocycles. The van der Waals surface area contributed by atoms with Gasteiger partial charge in [0.05, 0.1) is 22.1 Å². The molecule has 3 aromatic heterocycles. The lowest BCUT2D eigenvalue weighted by Crippen LogP contribution is -2.14. The molecule has 4 heteroatoms. The van der Waals surface area contributed by atoms with Crippen LogP contribution in [0.15, 0.2) is 156 Å². The van der Waals surface area contributed by atoms with Crippen LogP contribution in [0.5, 0.6) is 0 Å². The first-order chi connectivity index (χ1) is 24.5. The van der Waals surface area contributed by atoms with Crippen molar-refractivity contribution in [3.8, 4) is 39.3 Å². The van der Waals surface area contributed by atoms with Gasteiger partial charge in [0, 0.05) is 32.8 Å². The number of hydrogen-bond acceptors (Lipinski definition) is 2. The van der Waals surface area contributed by atoms with Gasteiger partial charge in [0.2, 0.25) is 0 Å². The highest BCUT2D eigenvalue weighted by Crippen LogP contribution is 2.39. The van der Waals surface area contributed by atoms with Crippen molar-refractivity contribution in [2.45, 2.75) is 13.8 Å². The molecule has 0 amide bonds. The van der Waals surface area contributed by atoms with Crippen LogP contribution >= 0.6 is 0 Å². The van der Waals surface area contributed by atoms with Gasteiger partial charge in [0.25, 0.3) is 5.56 Å². The van der Waals surface area contributed by atoms with Crippen LogP contribution in [-0.4, -0.2) is 14.0 Å². The number of hydrogen-bond donors (Lipinski definition) is 0. The van der Waals surface area contributed by atoms with E-state index in [9.17, 15) is 4.79 Å². The molecule has 10 rings (SSSR count). The van der Waals surface area contributed by atoms with Crippen LogP contribution < -0.4 is 5.56 Å². The van der Waals surface area contributed by atoms with Crippen molar-refractivity contribution in [2.24, 2.45) is 0 Å². The average molecular weight is 642 g/mol. The quantitative estimate of drug-likeness (QED) is 0.179. The third-order valence-corrected chi connectivity index (χ3v) is 10.4. The fourth-order valence-electron chi connectivity index (χ4n) is 7.93. The van der Waals surface area contributed by atoms with Crippen LogP contribution in [-0.2, 0) is 0 Å². The third kappa shape index (κ3) is 4.12. The molecule has 0 bridgehead atoms. The molecule has 0 N–H and O–H groups in total. The Morgan fingerprint density at radius 2 is 1.14 bits per heavy atom. The predicted molar refractivity (Wildman–Crippen MR) is 208 cm³/mol. The largest absolute Gasteiger partial charge is 0.309 e. The third-order valence-electron chi connectivity index (χ3n) is 10.4. The Bertz CT molecular complexity index is 3020. The molecule has 0 atom stereocenters. The molecule has 0 spiro atoms. The molecule has 10 aromatic rings. The molecule has 0 aliphatic heterocycles. The van der Waals surface area contributed by atoms with E-state index in [0.717, 1.165) is 44.1 Å². The number of para-hydroxylation sites is 1. The van der Waals surface area contributed by atoms with Crippen LogP contribution in [0.4, 0.5) is 0 Å². The van der Waals surface area contributed by atoms with Gasteiger partial charge in [-0.3, -0.25) is 9.20 Å². The fraction of sp³-hybridized carbons (Fsp3) is 0.0435. The number of rotatable bonds is 4. The Balaban J connectivity index is 1.23. The molecular formula is C46H31N3O.